The Labute approximate surface area is 197 Å². The highest BCUT2D eigenvalue weighted by atomic mass is 32.1. The Morgan fingerprint density at radius 2 is 1.07 bits per heavy atom. The average molecular weight is 487 g/mol. The first-order chi connectivity index (χ1) is 14.7. The summed E-state index contributed by atoms with van der Waals surface area (Å²) in [6, 6.07) is -0.322. The quantitative estimate of drug-likeness (QED) is 0.449. The molecule has 0 saturated carbocycles. The topological polar surface area (TPSA) is 69.7 Å². The van der Waals surface area contributed by atoms with Gasteiger partial charge in [0.1, 0.15) is 0 Å². The van der Waals surface area contributed by atoms with E-state index in [2.05, 4.69) is 42.8 Å². The smallest absolute Gasteiger partial charge is 0.240 e. The molecule has 1 unspecified atom stereocenters. The van der Waals surface area contributed by atoms with Gasteiger partial charge in [0.2, 0.25) is 5.91 Å². The Kier molecular flexibility index (Phi) is 18.8. The number of carbonyl (C=O) groups excluding carboxylic acids is 1. The third-order valence-corrected chi connectivity index (χ3v) is 5.23. The maximum atomic E-state index is 13.3. The third kappa shape index (κ3) is 13.0. The molecule has 0 aromatic heterocycles. The van der Waals surface area contributed by atoms with Crippen LogP contribution in [0.2, 0.25) is 0 Å². The zero-order valence-electron chi connectivity index (χ0n) is 17.8. The zero-order valence-corrected chi connectivity index (χ0v) is 20.5. The van der Waals surface area contributed by atoms with Crippen LogP contribution >= 0.6 is 37.9 Å². The normalized spacial score (nSPS) is 20.5. The van der Waals surface area contributed by atoms with E-state index in [9.17, 15) is 4.79 Å². The van der Waals surface area contributed by atoms with Gasteiger partial charge in [0.05, 0.1) is 72.1 Å². The molecule has 0 aromatic carbocycles. The van der Waals surface area contributed by atoms with Crippen molar-refractivity contribution in [3.63, 3.8) is 0 Å². The van der Waals surface area contributed by atoms with Crippen molar-refractivity contribution in [3.05, 3.63) is 0 Å². The Morgan fingerprint density at radius 3 is 1.40 bits per heavy atom. The molecule has 0 bridgehead atoms. The van der Waals surface area contributed by atoms with Gasteiger partial charge in [0.25, 0.3) is 0 Å². The van der Waals surface area contributed by atoms with Crippen molar-refractivity contribution in [2.45, 2.75) is 6.04 Å². The lowest BCUT2D eigenvalue weighted by molar-refractivity contribution is -0.137. The zero-order chi connectivity index (χ0) is 21.9. The summed E-state index contributed by atoms with van der Waals surface area (Å²) >= 11 is 13.1. The minimum Gasteiger partial charge on any atom is -0.377 e. The number of carbonyl (C=O) groups is 1. The van der Waals surface area contributed by atoms with Crippen molar-refractivity contribution in [2.24, 2.45) is 0 Å². The third-order valence-electron chi connectivity index (χ3n) is 4.48. The minimum absolute atomic E-state index is 0.0276. The lowest BCUT2D eigenvalue weighted by Gasteiger charge is -2.33. The molecule has 0 spiro atoms. The van der Waals surface area contributed by atoms with Gasteiger partial charge in [-0.05, 0) is 0 Å². The summed E-state index contributed by atoms with van der Waals surface area (Å²) in [7, 11) is 0. The Bertz CT molecular complexity index is 402. The van der Waals surface area contributed by atoms with Gasteiger partial charge in [-0.2, -0.15) is 37.9 Å². The molecule has 1 rings (SSSR count). The van der Waals surface area contributed by atoms with Crippen LogP contribution in [0, 0.1) is 0 Å². The molecule has 178 valence electrons. The second-order valence-electron chi connectivity index (χ2n) is 6.57. The summed E-state index contributed by atoms with van der Waals surface area (Å²) in [4.78, 5) is 17.1. The lowest BCUT2D eigenvalue weighted by Crippen LogP contribution is -2.52. The fraction of sp³-hybridized carbons (Fsp3) is 0.947. The molecule has 30 heavy (non-hydrogen) atoms. The van der Waals surface area contributed by atoms with Gasteiger partial charge in [-0.15, -0.1) is 0 Å². The second-order valence-corrected chi connectivity index (χ2v) is 7.83. The first-order valence-electron chi connectivity index (χ1n) is 10.5. The van der Waals surface area contributed by atoms with E-state index < -0.39 is 0 Å². The number of hydrogen-bond acceptors (Lipinski definition) is 10. The number of nitrogens with zero attached hydrogens (tertiary/aromatic N) is 2. The molecule has 0 radical (unpaired) electrons. The van der Waals surface area contributed by atoms with Crippen LogP contribution in [0.15, 0.2) is 0 Å². The van der Waals surface area contributed by atoms with E-state index in [0.29, 0.717) is 110 Å². The van der Waals surface area contributed by atoms with Crippen LogP contribution in [0.3, 0.4) is 0 Å². The van der Waals surface area contributed by atoms with Crippen LogP contribution in [0.1, 0.15) is 0 Å². The SMILES string of the molecule is O=C(C(CS)N(CCS)CCS)N1CCOCCOCCOCCOCCOCC1. The van der Waals surface area contributed by atoms with Gasteiger partial charge >= 0.3 is 0 Å². The molecule has 1 aliphatic rings. The summed E-state index contributed by atoms with van der Waals surface area (Å²) in [5, 5.41) is 0. The van der Waals surface area contributed by atoms with Crippen LogP contribution in [0.5, 0.6) is 0 Å². The summed E-state index contributed by atoms with van der Waals surface area (Å²) < 4.78 is 27.7. The van der Waals surface area contributed by atoms with Crippen LogP contribution in [-0.4, -0.2) is 131 Å². The van der Waals surface area contributed by atoms with Crippen LogP contribution in [-0.2, 0) is 28.5 Å². The van der Waals surface area contributed by atoms with Gasteiger partial charge in [0, 0.05) is 43.4 Å². The van der Waals surface area contributed by atoms with Crippen LogP contribution in [0.25, 0.3) is 0 Å². The van der Waals surface area contributed by atoms with Gasteiger partial charge in [-0.25, -0.2) is 0 Å². The van der Waals surface area contributed by atoms with Crippen molar-refractivity contribution < 1.29 is 28.5 Å². The number of amides is 1. The van der Waals surface area contributed by atoms with E-state index in [1.54, 1.807) is 4.90 Å². The summed E-state index contributed by atoms with van der Waals surface area (Å²) in [6.45, 7) is 7.31. The second kappa shape index (κ2) is 19.9. The molecule has 1 atom stereocenters. The van der Waals surface area contributed by atoms with Crippen molar-refractivity contribution in [1.82, 2.24) is 9.80 Å². The highest BCUT2D eigenvalue weighted by Gasteiger charge is 2.28. The van der Waals surface area contributed by atoms with E-state index in [1.165, 1.54) is 0 Å². The average Bonchev–Trinajstić information content (AvgIpc) is 2.74. The summed E-state index contributed by atoms with van der Waals surface area (Å²) in [5.74, 6) is 1.80. The molecule has 11 heteroatoms. The van der Waals surface area contributed by atoms with E-state index >= 15 is 0 Å². The molecular formula is C19H38N2O6S3. The van der Waals surface area contributed by atoms with Crippen LogP contribution < -0.4 is 0 Å². The van der Waals surface area contributed by atoms with Crippen molar-refractivity contribution in [3.8, 4) is 0 Å². The standard InChI is InChI=1S/C19H38N2O6S3/c22-19(18(17-30)20(3-15-28)4-16-29)21-1-5-23-7-9-25-11-13-27-14-12-26-10-8-24-6-2-21/h18,28-30H,1-17H2. The fourth-order valence-corrected chi connectivity index (χ4v) is 3.81. The Morgan fingerprint density at radius 1 is 0.700 bits per heavy atom. The highest BCUT2D eigenvalue weighted by molar-refractivity contribution is 7.80. The molecule has 0 N–H and O–H groups in total. The minimum atomic E-state index is -0.322. The van der Waals surface area contributed by atoms with Gasteiger partial charge in [0.15, 0.2) is 0 Å². The van der Waals surface area contributed by atoms with Crippen molar-refractivity contribution in [2.75, 3.05) is 110 Å². The predicted molar refractivity (Wildman–Crippen MR) is 128 cm³/mol. The van der Waals surface area contributed by atoms with Gasteiger partial charge < -0.3 is 28.6 Å². The largest absolute Gasteiger partial charge is 0.377 e. The predicted octanol–water partition coefficient (Wildman–Crippen LogP) is 0.372. The van der Waals surface area contributed by atoms with E-state index in [0.717, 1.165) is 0 Å². The van der Waals surface area contributed by atoms with E-state index in [-0.39, 0.29) is 11.9 Å². The molecule has 1 amide bonds. The molecule has 8 nitrogen and oxygen atoms in total. The molecular weight excluding hydrogens is 448 g/mol. The van der Waals surface area contributed by atoms with Gasteiger partial charge in [-0.3, -0.25) is 9.69 Å². The maximum Gasteiger partial charge on any atom is 0.240 e. The summed E-state index contributed by atoms with van der Waals surface area (Å²) in [6.07, 6.45) is 0. The first-order valence-corrected chi connectivity index (χ1v) is 12.4. The summed E-state index contributed by atoms with van der Waals surface area (Å²) in [5.41, 5.74) is 0. The first kappa shape index (κ1) is 28.3. The molecule has 0 aromatic rings. The Hall–Kier alpha value is 0.280. The molecule has 0 aliphatic carbocycles. The van der Waals surface area contributed by atoms with E-state index in [1.807, 2.05) is 0 Å². The van der Waals surface area contributed by atoms with Crippen LogP contribution in [0.4, 0.5) is 0 Å². The molecule has 1 saturated heterocycles. The molecule has 1 fully saturated rings. The molecule has 1 aliphatic heterocycles. The lowest BCUT2D eigenvalue weighted by atomic mass is 10.2. The molecule has 1 heterocycles. The number of ether oxygens (including phenoxy) is 5. The number of hydrogen-bond donors (Lipinski definition) is 3. The number of rotatable bonds is 7. The van der Waals surface area contributed by atoms with Gasteiger partial charge in [-0.1, -0.05) is 0 Å². The fourth-order valence-electron chi connectivity index (χ4n) is 2.90. The van der Waals surface area contributed by atoms with Crippen molar-refractivity contribution in [1.29, 1.82) is 0 Å². The monoisotopic (exact) mass is 486 g/mol. The number of thiol groups is 3. The Balaban J connectivity index is 2.64. The van der Waals surface area contributed by atoms with E-state index in [4.69, 9.17) is 23.7 Å². The van der Waals surface area contributed by atoms with Crippen molar-refractivity contribution >= 4 is 43.8 Å². The highest BCUT2D eigenvalue weighted by Crippen LogP contribution is 2.08. The maximum absolute atomic E-state index is 13.3.